The molecule has 2 N–H and O–H groups in total. The van der Waals surface area contributed by atoms with E-state index in [9.17, 15) is 0 Å². The first-order chi connectivity index (χ1) is 11.7. The summed E-state index contributed by atoms with van der Waals surface area (Å²) in [6.45, 7) is 6.02. The van der Waals surface area contributed by atoms with Crippen molar-refractivity contribution in [2.45, 2.75) is 69.4 Å². The van der Waals surface area contributed by atoms with E-state index in [1.807, 2.05) is 7.05 Å². The van der Waals surface area contributed by atoms with E-state index in [0.29, 0.717) is 11.6 Å². The Balaban J connectivity index is 1.60. The Morgan fingerprint density at radius 1 is 1.00 bits per heavy atom. The fraction of sp³-hybridized carbons (Fsp3) is 0.947. The first kappa shape index (κ1) is 18.0. The lowest BCUT2D eigenvalue weighted by atomic mass is 9.84. The Morgan fingerprint density at radius 2 is 1.67 bits per heavy atom. The summed E-state index contributed by atoms with van der Waals surface area (Å²) in [5.74, 6) is 1.01. The Hall–Kier alpha value is -0.810. The van der Waals surface area contributed by atoms with Gasteiger partial charge in [0.25, 0.3) is 0 Å². The predicted octanol–water partition coefficient (Wildman–Crippen LogP) is 2.04. The molecule has 0 aromatic carbocycles. The number of piperidine rings is 2. The van der Waals surface area contributed by atoms with E-state index in [1.165, 1.54) is 84.0 Å². The van der Waals surface area contributed by atoms with Crippen LogP contribution in [0.2, 0.25) is 0 Å². The third kappa shape index (κ3) is 4.42. The van der Waals surface area contributed by atoms with E-state index >= 15 is 0 Å². The number of hydrogen-bond donors (Lipinski definition) is 2. The van der Waals surface area contributed by atoms with Crippen molar-refractivity contribution in [1.82, 2.24) is 20.4 Å². The van der Waals surface area contributed by atoms with Crippen LogP contribution < -0.4 is 10.6 Å². The van der Waals surface area contributed by atoms with Crippen LogP contribution in [0.5, 0.6) is 0 Å². The van der Waals surface area contributed by atoms with Crippen molar-refractivity contribution in [3.63, 3.8) is 0 Å². The number of rotatable bonds is 4. The Bertz CT molecular complexity index is 402. The molecule has 3 fully saturated rings. The highest BCUT2D eigenvalue weighted by molar-refractivity contribution is 5.80. The van der Waals surface area contributed by atoms with E-state index < -0.39 is 0 Å². The summed E-state index contributed by atoms with van der Waals surface area (Å²) in [5.41, 5.74) is 0.320. The van der Waals surface area contributed by atoms with Gasteiger partial charge in [-0.05, 0) is 71.8 Å². The van der Waals surface area contributed by atoms with Crippen molar-refractivity contribution in [2.75, 3.05) is 46.8 Å². The average Bonchev–Trinajstić information content (AvgIpc) is 3.14. The molecule has 5 nitrogen and oxygen atoms in total. The van der Waals surface area contributed by atoms with Gasteiger partial charge in [-0.1, -0.05) is 19.3 Å². The number of guanidine groups is 1. The second-order valence-electron chi connectivity index (χ2n) is 8.13. The first-order valence-electron chi connectivity index (χ1n) is 10.1. The van der Waals surface area contributed by atoms with Gasteiger partial charge in [0.05, 0.1) is 0 Å². The molecule has 138 valence electrons. The Morgan fingerprint density at radius 3 is 2.29 bits per heavy atom. The molecule has 2 heterocycles. The molecular formula is C19H37N5. The fourth-order valence-electron chi connectivity index (χ4n) is 4.71. The molecule has 0 spiro atoms. The molecule has 5 heteroatoms. The largest absolute Gasteiger partial charge is 0.355 e. The molecule has 0 atom stereocenters. The molecule has 1 saturated carbocycles. The van der Waals surface area contributed by atoms with Gasteiger partial charge >= 0.3 is 0 Å². The van der Waals surface area contributed by atoms with Crippen LogP contribution in [0.3, 0.4) is 0 Å². The first-order valence-corrected chi connectivity index (χ1v) is 10.1. The van der Waals surface area contributed by atoms with Crippen molar-refractivity contribution in [1.29, 1.82) is 0 Å². The summed E-state index contributed by atoms with van der Waals surface area (Å²) < 4.78 is 0. The summed E-state index contributed by atoms with van der Waals surface area (Å²) in [6.07, 6.45) is 12.0. The van der Waals surface area contributed by atoms with E-state index in [4.69, 9.17) is 0 Å². The van der Waals surface area contributed by atoms with Crippen molar-refractivity contribution < 1.29 is 0 Å². The molecule has 0 radical (unpaired) electrons. The molecule has 0 unspecified atom stereocenters. The number of hydrogen-bond acceptors (Lipinski definition) is 3. The SMILES string of the molecule is CN=C(NCC1(N2CCCCC2)CCN(C)CC1)NC1CCCC1. The monoisotopic (exact) mass is 335 g/mol. The minimum Gasteiger partial charge on any atom is -0.355 e. The van der Waals surface area contributed by atoms with Crippen molar-refractivity contribution in [2.24, 2.45) is 4.99 Å². The smallest absolute Gasteiger partial charge is 0.191 e. The van der Waals surface area contributed by atoms with Crippen LogP contribution in [0.15, 0.2) is 4.99 Å². The average molecular weight is 336 g/mol. The number of nitrogens with one attached hydrogen (secondary N) is 2. The van der Waals surface area contributed by atoms with Gasteiger partial charge in [0.15, 0.2) is 5.96 Å². The quantitative estimate of drug-likeness (QED) is 0.609. The van der Waals surface area contributed by atoms with Crippen molar-refractivity contribution >= 4 is 5.96 Å². The fourth-order valence-corrected chi connectivity index (χ4v) is 4.71. The molecule has 3 aliphatic rings. The maximum atomic E-state index is 4.49. The number of likely N-dealkylation sites (tertiary alicyclic amines) is 2. The highest BCUT2D eigenvalue weighted by Gasteiger charge is 2.39. The van der Waals surface area contributed by atoms with Crippen LogP contribution in [-0.2, 0) is 0 Å². The molecule has 1 aliphatic carbocycles. The molecule has 24 heavy (non-hydrogen) atoms. The second-order valence-corrected chi connectivity index (χ2v) is 8.13. The van der Waals surface area contributed by atoms with Gasteiger partial charge < -0.3 is 15.5 Å². The lowest BCUT2D eigenvalue weighted by Crippen LogP contribution is -2.62. The second kappa shape index (κ2) is 8.52. The summed E-state index contributed by atoms with van der Waals surface area (Å²) >= 11 is 0. The molecule has 2 aliphatic heterocycles. The summed E-state index contributed by atoms with van der Waals surface area (Å²) in [6, 6.07) is 0.625. The Kier molecular flexibility index (Phi) is 6.39. The lowest BCUT2D eigenvalue weighted by Gasteiger charge is -2.50. The normalized spacial score (nSPS) is 27.3. The Labute approximate surface area is 148 Å². The van der Waals surface area contributed by atoms with Gasteiger partial charge in [0.2, 0.25) is 0 Å². The summed E-state index contributed by atoms with van der Waals surface area (Å²) in [5, 5.41) is 7.34. The molecular weight excluding hydrogens is 298 g/mol. The van der Waals surface area contributed by atoms with Crippen LogP contribution in [0, 0.1) is 0 Å². The summed E-state index contributed by atoms with van der Waals surface area (Å²) in [7, 11) is 4.17. The predicted molar refractivity (Wildman–Crippen MR) is 102 cm³/mol. The standard InChI is InChI=1S/C19H37N5/c1-20-18(22-17-8-4-5-9-17)21-16-19(10-14-23(2)15-11-19)24-12-6-3-7-13-24/h17H,3-16H2,1-2H3,(H2,20,21,22). The maximum absolute atomic E-state index is 4.49. The maximum Gasteiger partial charge on any atom is 0.191 e. The highest BCUT2D eigenvalue weighted by Crippen LogP contribution is 2.30. The van der Waals surface area contributed by atoms with Crippen LogP contribution in [-0.4, -0.2) is 74.2 Å². The minimum absolute atomic E-state index is 0.320. The molecule has 3 rings (SSSR count). The van der Waals surface area contributed by atoms with E-state index in [2.05, 4.69) is 32.5 Å². The third-order valence-corrected chi connectivity index (χ3v) is 6.45. The zero-order valence-electron chi connectivity index (χ0n) is 15.8. The molecule has 2 saturated heterocycles. The van der Waals surface area contributed by atoms with E-state index in [1.54, 1.807) is 0 Å². The lowest BCUT2D eigenvalue weighted by molar-refractivity contribution is 0.0173. The van der Waals surface area contributed by atoms with Gasteiger partial charge in [0, 0.05) is 25.2 Å². The molecule has 0 aromatic heterocycles. The van der Waals surface area contributed by atoms with Gasteiger partial charge in [-0.15, -0.1) is 0 Å². The third-order valence-electron chi connectivity index (χ3n) is 6.45. The summed E-state index contributed by atoms with van der Waals surface area (Å²) in [4.78, 5) is 9.76. The molecule has 0 aromatic rings. The minimum atomic E-state index is 0.320. The molecule has 0 bridgehead atoms. The van der Waals surface area contributed by atoms with Gasteiger partial charge in [0.1, 0.15) is 0 Å². The van der Waals surface area contributed by atoms with Crippen LogP contribution >= 0.6 is 0 Å². The number of nitrogens with zero attached hydrogens (tertiary/aromatic N) is 3. The van der Waals surface area contributed by atoms with Crippen LogP contribution in [0.25, 0.3) is 0 Å². The van der Waals surface area contributed by atoms with Gasteiger partial charge in [-0.2, -0.15) is 0 Å². The zero-order chi connectivity index (χ0) is 16.8. The van der Waals surface area contributed by atoms with Crippen molar-refractivity contribution in [3.05, 3.63) is 0 Å². The zero-order valence-corrected chi connectivity index (χ0v) is 15.8. The molecule has 0 amide bonds. The van der Waals surface area contributed by atoms with E-state index in [0.717, 1.165) is 12.5 Å². The highest BCUT2D eigenvalue weighted by atomic mass is 15.3. The van der Waals surface area contributed by atoms with Gasteiger partial charge in [-0.25, -0.2) is 0 Å². The van der Waals surface area contributed by atoms with Crippen LogP contribution in [0.4, 0.5) is 0 Å². The topological polar surface area (TPSA) is 42.9 Å². The van der Waals surface area contributed by atoms with E-state index in [-0.39, 0.29) is 0 Å². The van der Waals surface area contributed by atoms with Crippen molar-refractivity contribution in [3.8, 4) is 0 Å². The number of aliphatic imine (C=N–C) groups is 1. The van der Waals surface area contributed by atoms with Crippen LogP contribution in [0.1, 0.15) is 57.8 Å². The van der Waals surface area contributed by atoms with Gasteiger partial charge in [-0.3, -0.25) is 9.89 Å².